The second-order valence-corrected chi connectivity index (χ2v) is 10.5. The molecule has 3 aromatic carbocycles. The van der Waals surface area contributed by atoms with Gasteiger partial charge in [0.1, 0.15) is 11.6 Å². The highest BCUT2D eigenvalue weighted by Crippen LogP contribution is 2.45. The number of aromatic nitrogens is 2. The average Bonchev–Trinajstić information content (AvgIpc) is 3.43. The molecule has 2 aliphatic rings. The lowest BCUT2D eigenvalue weighted by Crippen LogP contribution is -2.22. The van der Waals surface area contributed by atoms with Crippen LogP contribution in [0.5, 0.6) is 0 Å². The molecule has 2 heterocycles. The van der Waals surface area contributed by atoms with Crippen LogP contribution < -0.4 is 11.5 Å². The Hall–Kier alpha value is -3.48. The van der Waals surface area contributed by atoms with Crippen LogP contribution in [0.4, 0.5) is 8.78 Å². The van der Waals surface area contributed by atoms with Gasteiger partial charge in [-0.3, -0.25) is 0 Å². The van der Waals surface area contributed by atoms with Gasteiger partial charge in [-0.05, 0) is 102 Å². The summed E-state index contributed by atoms with van der Waals surface area (Å²) in [5.74, 6) is -0.317. The Morgan fingerprint density at radius 2 is 1.53 bits per heavy atom. The molecule has 0 saturated carbocycles. The van der Waals surface area contributed by atoms with Gasteiger partial charge in [-0.15, -0.1) is 0 Å². The Labute approximate surface area is 207 Å². The molecule has 7 rings (SSSR count). The van der Waals surface area contributed by atoms with Crippen molar-refractivity contribution in [2.45, 2.75) is 50.1 Å². The van der Waals surface area contributed by atoms with Gasteiger partial charge in [-0.25, -0.2) is 8.78 Å². The maximum absolute atomic E-state index is 14.1. The highest BCUT2D eigenvalue weighted by atomic mass is 19.1. The van der Waals surface area contributed by atoms with Crippen molar-refractivity contribution < 1.29 is 8.78 Å². The minimum Gasteiger partial charge on any atom is -0.357 e. The lowest BCUT2D eigenvalue weighted by molar-refractivity contribution is 0.498. The highest BCUT2D eigenvalue weighted by molar-refractivity contribution is 5.99. The van der Waals surface area contributed by atoms with Gasteiger partial charge < -0.3 is 21.4 Å². The largest absolute Gasteiger partial charge is 0.357 e. The van der Waals surface area contributed by atoms with Gasteiger partial charge in [0.2, 0.25) is 0 Å². The number of fused-ring (bicyclic) bond motifs is 6. The van der Waals surface area contributed by atoms with Gasteiger partial charge in [-0.2, -0.15) is 0 Å². The van der Waals surface area contributed by atoms with Crippen LogP contribution in [-0.2, 0) is 12.8 Å². The number of benzene rings is 3. The maximum Gasteiger partial charge on any atom is 0.123 e. The number of aromatic amines is 2. The quantitative estimate of drug-likeness (QED) is 0.227. The Morgan fingerprint density at radius 3 is 2.36 bits per heavy atom. The average molecular weight is 483 g/mol. The van der Waals surface area contributed by atoms with E-state index in [9.17, 15) is 8.78 Å². The minimum absolute atomic E-state index is 0.00237. The van der Waals surface area contributed by atoms with Crippen LogP contribution >= 0.6 is 0 Å². The predicted octanol–water partition coefficient (Wildman–Crippen LogP) is 6.66. The zero-order valence-electron chi connectivity index (χ0n) is 19.9. The van der Waals surface area contributed by atoms with Crippen LogP contribution in [0, 0.1) is 11.6 Å². The van der Waals surface area contributed by atoms with Crippen LogP contribution in [0.15, 0.2) is 54.6 Å². The normalized spacial score (nSPS) is 21.6. The fourth-order valence-corrected chi connectivity index (χ4v) is 6.54. The Kier molecular flexibility index (Phi) is 4.85. The van der Waals surface area contributed by atoms with Gasteiger partial charge in [0, 0.05) is 45.3 Å². The van der Waals surface area contributed by atoms with E-state index in [0.29, 0.717) is 0 Å². The first-order chi connectivity index (χ1) is 17.5. The van der Waals surface area contributed by atoms with E-state index in [-0.39, 0.29) is 29.6 Å². The van der Waals surface area contributed by atoms with Crippen LogP contribution in [0.3, 0.4) is 0 Å². The van der Waals surface area contributed by atoms with Crippen molar-refractivity contribution in [3.63, 3.8) is 0 Å². The lowest BCUT2D eigenvalue weighted by Gasteiger charge is -2.28. The molecule has 2 aromatic heterocycles. The van der Waals surface area contributed by atoms with Crippen LogP contribution in [0.25, 0.3) is 32.9 Å². The van der Waals surface area contributed by atoms with E-state index in [4.69, 9.17) is 11.5 Å². The van der Waals surface area contributed by atoms with Crippen molar-refractivity contribution in [1.82, 2.24) is 9.97 Å². The summed E-state index contributed by atoms with van der Waals surface area (Å²) in [6.45, 7) is 0. The summed E-state index contributed by atoms with van der Waals surface area (Å²) >= 11 is 0. The third-order valence-corrected chi connectivity index (χ3v) is 8.26. The molecular weight excluding hydrogens is 454 g/mol. The number of halogens is 2. The summed E-state index contributed by atoms with van der Waals surface area (Å²) in [4.78, 5) is 7.07. The standard InChI is InChI=1S/C30H28F2N4/c31-18-6-4-15(5-7-18)21-10-17(13-27-28(21)20-2-1-3-24(33)29(20)36-27)16-11-23-22-14-19(32)8-9-26(22)35-30(23)25(34)12-16/h4-10,13-14,16,24-25,35-36H,1-3,11-12,33-34H2. The van der Waals surface area contributed by atoms with Gasteiger partial charge in [0.15, 0.2) is 0 Å². The number of aryl methyl sites for hydroxylation is 1. The summed E-state index contributed by atoms with van der Waals surface area (Å²) < 4.78 is 27.9. The molecule has 0 radical (unpaired) electrons. The first-order valence-electron chi connectivity index (χ1n) is 12.7. The van der Waals surface area contributed by atoms with Gasteiger partial charge in [0.25, 0.3) is 0 Å². The van der Waals surface area contributed by atoms with Gasteiger partial charge in [0.05, 0.1) is 0 Å². The second-order valence-electron chi connectivity index (χ2n) is 10.5. The van der Waals surface area contributed by atoms with E-state index in [1.165, 1.54) is 34.7 Å². The van der Waals surface area contributed by atoms with Gasteiger partial charge >= 0.3 is 0 Å². The Balaban J connectivity index is 1.41. The van der Waals surface area contributed by atoms with E-state index in [2.05, 4.69) is 22.1 Å². The third-order valence-electron chi connectivity index (χ3n) is 8.26. The van der Waals surface area contributed by atoms with E-state index >= 15 is 0 Å². The summed E-state index contributed by atoms with van der Waals surface area (Å²) in [5.41, 5.74) is 22.9. The molecule has 4 nitrogen and oxygen atoms in total. The van der Waals surface area contributed by atoms with E-state index < -0.39 is 0 Å². The monoisotopic (exact) mass is 482 g/mol. The number of hydrogen-bond acceptors (Lipinski definition) is 2. The Bertz CT molecular complexity index is 1630. The molecule has 0 saturated heterocycles. The first-order valence-corrected chi connectivity index (χ1v) is 12.7. The van der Waals surface area contributed by atoms with Crippen molar-refractivity contribution in [2.75, 3.05) is 0 Å². The molecule has 182 valence electrons. The zero-order valence-corrected chi connectivity index (χ0v) is 19.9. The molecule has 6 heteroatoms. The second kappa shape index (κ2) is 8.02. The molecule has 6 N–H and O–H groups in total. The smallest absolute Gasteiger partial charge is 0.123 e. The summed E-state index contributed by atoms with van der Waals surface area (Å²) in [5, 5.41) is 2.09. The zero-order chi connectivity index (χ0) is 24.6. The highest BCUT2D eigenvalue weighted by Gasteiger charge is 2.31. The molecule has 36 heavy (non-hydrogen) atoms. The van der Waals surface area contributed by atoms with Crippen molar-refractivity contribution >= 4 is 21.8 Å². The van der Waals surface area contributed by atoms with E-state index in [1.807, 2.05) is 12.1 Å². The fourth-order valence-electron chi connectivity index (χ4n) is 6.54. The van der Waals surface area contributed by atoms with Crippen molar-refractivity contribution in [2.24, 2.45) is 11.5 Å². The molecule has 3 atom stereocenters. The van der Waals surface area contributed by atoms with Gasteiger partial charge in [-0.1, -0.05) is 18.2 Å². The number of nitrogens with two attached hydrogens (primary N) is 2. The summed E-state index contributed by atoms with van der Waals surface area (Å²) in [6.07, 6.45) is 4.57. The topological polar surface area (TPSA) is 83.6 Å². The molecule has 0 spiro atoms. The number of H-pyrrole nitrogens is 2. The number of rotatable bonds is 2. The molecule has 0 bridgehead atoms. The van der Waals surface area contributed by atoms with Crippen LogP contribution in [0.2, 0.25) is 0 Å². The molecule has 0 fully saturated rings. The van der Waals surface area contributed by atoms with Crippen molar-refractivity contribution in [3.8, 4) is 11.1 Å². The first kappa shape index (κ1) is 21.8. The minimum atomic E-state index is -0.249. The molecule has 5 aromatic rings. The molecule has 3 unspecified atom stereocenters. The predicted molar refractivity (Wildman–Crippen MR) is 140 cm³/mol. The maximum atomic E-state index is 14.1. The number of nitrogens with one attached hydrogen (secondary N) is 2. The van der Waals surface area contributed by atoms with E-state index in [0.717, 1.165) is 76.6 Å². The van der Waals surface area contributed by atoms with Crippen LogP contribution in [-0.4, -0.2) is 9.97 Å². The summed E-state index contributed by atoms with van der Waals surface area (Å²) in [7, 11) is 0. The SMILES string of the molecule is NC1CC(c2cc(-c3ccc(F)cc3)c3c4c([nH]c3c2)C(N)CCC4)Cc2c1[nH]c1ccc(F)cc21. The Morgan fingerprint density at radius 1 is 0.778 bits per heavy atom. The number of hydrogen-bond donors (Lipinski definition) is 4. The van der Waals surface area contributed by atoms with Crippen molar-refractivity contribution in [1.29, 1.82) is 0 Å². The molecule has 0 amide bonds. The fraction of sp³-hybridized carbons (Fsp3) is 0.267. The third kappa shape index (κ3) is 3.32. The lowest BCUT2D eigenvalue weighted by atomic mass is 9.78. The van der Waals surface area contributed by atoms with Crippen LogP contribution in [0.1, 0.15) is 65.3 Å². The molecular formula is C30H28F2N4. The molecule has 2 aliphatic carbocycles. The molecule has 0 aliphatic heterocycles. The van der Waals surface area contributed by atoms with Crippen molar-refractivity contribution in [3.05, 3.63) is 94.3 Å². The van der Waals surface area contributed by atoms with E-state index in [1.54, 1.807) is 12.1 Å². The summed E-state index contributed by atoms with van der Waals surface area (Å²) in [6, 6.07) is 15.9.